The van der Waals surface area contributed by atoms with Gasteiger partial charge in [-0.05, 0) is 31.9 Å². The van der Waals surface area contributed by atoms with Gasteiger partial charge in [-0.25, -0.2) is 0 Å². The highest BCUT2D eigenvalue weighted by Gasteiger charge is 2.35. The number of alkyl halides is 3. The largest absolute Gasteiger partial charge is 0.417 e. The predicted octanol–water partition coefficient (Wildman–Crippen LogP) is 3.00. The minimum atomic E-state index is -4.54. The van der Waals surface area contributed by atoms with Crippen LogP contribution in [0, 0.1) is 0 Å². The quantitative estimate of drug-likeness (QED) is 0.928. The van der Waals surface area contributed by atoms with Crippen LogP contribution in [0.4, 0.5) is 13.2 Å². The van der Waals surface area contributed by atoms with Crippen molar-refractivity contribution in [3.8, 4) is 0 Å². The van der Waals surface area contributed by atoms with Crippen LogP contribution in [0.25, 0.3) is 0 Å². The van der Waals surface area contributed by atoms with E-state index in [0.717, 1.165) is 18.9 Å². The van der Waals surface area contributed by atoms with Gasteiger partial charge in [0.2, 0.25) is 0 Å². The third kappa shape index (κ3) is 3.30. The summed E-state index contributed by atoms with van der Waals surface area (Å²) in [4.78, 5) is 12.0. The summed E-state index contributed by atoms with van der Waals surface area (Å²) in [5.41, 5.74) is -1.28. The maximum atomic E-state index is 12.8. The third-order valence-corrected chi connectivity index (χ3v) is 3.36. The van der Waals surface area contributed by atoms with E-state index >= 15 is 0 Å². The Morgan fingerprint density at radius 1 is 1.40 bits per heavy atom. The lowest BCUT2D eigenvalue weighted by molar-refractivity contribution is -0.137. The fraction of sp³-hybridized carbons (Fsp3) is 0.500. The molecule has 20 heavy (non-hydrogen) atoms. The molecule has 0 radical (unpaired) electrons. The van der Waals surface area contributed by atoms with Gasteiger partial charge >= 0.3 is 6.18 Å². The van der Waals surface area contributed by atoms with Crippen molar-refractivity contribution < 1.29 is 22.7 Å². The zero-order valence-electron chi connectivity index (χ0n) is 11.0. The second-order valence-corrected chi connectivity index (χ2v) is 4.86. The van der Waals surface area contributed by atoms with Gasteiger partial charge in [-0.2, -0.15) is 13.2 Å². The Morgan fingerprint density at radius 2 is 2.10 bits per heavy atom. The van der Waals surface area contributed by atoms with Crippen molar-refractivity contribution >= 4 is 5.91 Å². The molecule has 3 nitrogen and oxygen atoms in total. The minimum Gasteiger partial charge on any atom is -0.376 e. The Hall–Kier alpha value is -1.56. The number of carbonyl (C=O) groups is 1. The second kappa shape index (κ2) is 5.83. The van der Waals surface area contributed by atoms with Gasteiger partial charge in [0.25, 0.3) is 5.91 Å². The van der Waals surface area contributed by atoms with Crippen molar-refractivity contribution in [2.75, 3.05) is 6.61 Å². The number of hydrogen-bond donors (Lipinski definition) is 1. The minimum absolute atomic E-state index is 0.128. The second-order valence-electron chi connectivity index (χ2n) is 4.86. The molecule has 1 N–H and O–H groups in total. The normalized spacial score (nSPS) is 20.7. The molecule has 0 saturated carbocycles. The Labute approximate surface area is 115 Å². The van der Waals surface area contributed by atoms with E-state index in [2.05, 4.69) is 5.32 Å². The van der Waals surface area contributed by atoms with Crippen LogP contribution in [-0.4, -0.2) is 24.7 Å². The topological polar surface area (TPSA) is 38.3 Å². The molecular weight excluding hydrogens is 271 g/mol. The summed E-state index contributed by atoms with van der Waals surface area (Å²) >= 11 is 0. The first-order valence-corrected chi connectivity index (χ1v) is 6.48. The van der Waals surface area contributed by atoms with E-state index in [-0.39, 0.29) is 17.7 Å². The van der Waals surface area contributed by atoms with Crippen LogP contribution >= 0.6 is 0 Å². The van der Waals surface area contributed by atoms with Gasteiger partial charge < -0.3 is 10.1 Å². The maximum Gasteiger partial charge on any atom is 0.417 e. The predicted molar refractivity (Wildman–Crippen MR) is 67.3 cm³/mol. The number of benzene rings is 1. The molecule has 1 saturated heterocycles. The average Bonchev–Trinajstić information content (AvgIpc) is 2.91. The number of carbonyl (C=O) groups excluding carboxylic acids is 1. The lowest BCUT2D eigenvalue weighted by atomic mass is 10.0. The van der Waals surface area contributed by atoms with Crippen molar-refractivity contribution in [3.05, 3.63) is 35.4 Å². The summed E-state index contributed by atoms with van der Waals surface area (Å²) in [5.74, 6) is -0.721. The molecule has 0 unspecified atom stereocenters. The molecule has 1 aromatic rings. The molecule has 1 fully saturated rings. The third-order valence-electron chi connectivity index (χ3n) is 3.36. The molecule has 0 aromatic heterocycles. The van der Waals surface area contributed by atoms with Crippen LogP contribution in [0.15, 0.2) is 24.3 Å². The molecule has 1 heterocycles. The van der Waals surface area contributed by atoms with Gasteiger partial charge in [-0.15, -0.1) is 0 Å². The van der Waals surface area contributed by atoms with Crippen molar-refractivity contribution in [2.24, 2.45) is 0 Å². The smallest absolute Gasteiger partial charge is 0.376 e. The van der Waals surface area contributed by atoms with Crippen molar-refractivity contribution in [3.63, 3.8) is 0 Å². The fourth-order valence-corrected chi connectivity index (χ4v) is 2.30. The Kier molecular flexibility index (Phi) is 4.32. The number of halogens is 3. The van der Waals surface area contributed by atoms with Crippen molar-refractivity contribution in [1.82, 2.24) is 5.32 Å². The SMILES string of the molecule is C[C@H](NC(=O)c1ccccc1C(F)(F)F)[C@H]1CCCO1. The first kappa shape index (κ1) is 14.8. The summed E-state index contributed by atoms with van der Waals surface area (Å²) in [6.07, 6.45) is -2.95. The van der Waals surface area contributed by atoms with E-state index in [1.54, 1.807) is 6.92 Å². The van der Waals surface area contributed by atoms with Crippen molar-refractivity contribution in [1.29, 1.82) is 0 Å². The zero-order valence-corrected chi connectivity index (χ0v) is 11.0. The van der Waals surface area contributed by atoms with Crippen molar-refractivity contribution in [2.45, 2.75) is 38.1 Å². The van der Waals surface area contributed by atoms with Gasteiger partial charge in [0.15, 0.2) is 0 Å². The molecule has 110 valence electrons. The molecule has 1 aliphatic rings. The first-order chi connectivity index (χ1) is 9.39. The highest BCUT2D eigenvalue weighted by molar-refractivity contribution is 5.96. The van der Waals surface area contributed by atoms with Crippen LogP contribution in [0.1, 0.15) is 35.7 Å². The fourth-order valence-electron chi connectivity index (χ4n) is 2.30. The molecule has 2 rings (SSSR count). The number of rotatable bonds is 3. The maximum absolute atomic E-state index is 12.8. The standard InChI is InChI=1S/C14H16F3NO2/c1-9(12-7-4-8-20-12)18-13(19)10-5-2-3-6-11(10)14(15,16)17/h2-3,5-6,9,12H,4,7-8H2,1H3,(H,18,19)/t9-,12+/m0/s1. The number of hydrogen-bond acceptors (Lipinski definition) is 2. The van der Waals surface area contributed by atoms with Gasteiger partial charge in [0, 0.05) is 6.61 Å². The molecule has 1 aliphatic heterocycles. The summed E-state index contributed by atoms with van der Waals surface area (Å²) in [7, 11) is 0. The molecule has 6 heteroatoms. The van der Waals surface area contributed by atoms with Gasteiger partial charge in [0.05, 0.1) is 23.3 Å². The van der Waals surface area contributed by atoms with E-state index in [4.69, 9.17) is 4.74 Å². The number of amides is 1. The lowest BCUT2D eigenvalue weighted by Gasteiger charge is -2.21. The summed E-state index contributed by atoms with van der Waals surface area (Å²) in [5, 5.41) is 2.59. The van der Waals surface area contributed by atoms with Gasteiger partial charge in [-0.3, -0.25) is 4.79 Å². The highest BCUT2D eigenvalue weighted by atomic mass is 19.4. The molecular formula is C14H16F3NO2. The highest BCUT2D eigenvalue weighted by Crippen LogP contribution is 2.31. The van der Waals surface area contributed by atoms with Crippen LogP contribution in [0.2, 0.25) is 0 Å². The Morgan fingerprint density at radius 3 is 2.70 bits per heavy atom. The molecule has 0 bridgehead atoms. The summed E-state index contributed by atoms with van der Waals surface area (Å²) < 4.78 is 43.9. The Balaban J connectivity index is 2.13. The first-order valence-electron chi connectivity index (χ1n) is 6.48. The van der Waals surface area contributed by atoms with E-state index in [9.17, 15) is 18.0 Å². The van der Waals surface area contributed by atoms with Crippen LogP contribution < -0.4 is 5.32 Å². The molecule has 2 atom stereocenters. The molecule has 0 spiro atoms. The number of ether oxygens (including phenoxy) is 1. The van der Waals surface area contributed by atoms with E-state index in [0.29, 0.717) is 6.61 Å². The molecule has 0 aliphatic carbocycles. The van der Waals surface area contributed by atoms with Gasteiger partial charge in [0.1, 0.15) is 0 Å². The lowest BCUT2D eigenvalue weighted by Crippen LogP contribution is -2.41. The Bertz CT molecular complexity index is 482. The molecule has 1 amide bonds. The van der Waals surface area contributed by atoms with Crippen LogP contribution in [0.3, 0.4) is 0 Å². The van der Waals surface area contributed by atoms with E-state index in [1.807, 2.05) is 0 Å². The zero-order chi connectivity index (χ0) is 14.8. The average molecular weight is 287 g/mol. The number of nitrogens with one attached hydrogen (secondary N) is 1. The van der Waals surface area contributed by atoms with E-state index < -0.39 is 17.6 Å². The summed E-state index contributed by atoms with van der Waals surface area (Å²) in [6.45, 7) is 2.37. The molecule has 1 aromatic carbocycles. The van der Waals surface area contributed by atoms with Crippen LogP contribution in [0.5, 0.6) is 0 Å². The van der Waals surface area contributed by atoms with E-state index in [1.165, 1.54) is 18.2 Å². The van der Waals surface area contributed by atoms with Gasteiger partial charge in [-0.1, -0.05) is 12.1 Å². The summed E-state index contributed by atoms with van der Waals surface area (Å²) in [6, 6.07) is 4.46. The monoisotopic (exact) mass is 287 g/mol. The van der Waals surface area contributed by atoms with Crippen LogP contribution in [-0.2, 0) is 10.9 Å².